The van der Waals surface area contributed by atoms with Crippen LogP contribution in [-0.2, 0) is 14.8 Å². The normalized spacial score (nSPS) is 11.2. The highest BCUT2D eigenvalue weighted by Crippen LogP contribution is 2.24. The molecule has 0 saturated heterocycles. The van der Waals surface area contributed by atoms with Gasteiger partial charge >= 0.3 is 0 Å². The molecule has 2 N–H and O–H groups in total. The SMILES string of the molecule is O=C(CCNS(=O)(=O)c1ccccc1)Nc1nc(-c2ccccc2)cs1. The van der Waals surface area contributed by atoms with Crippen LogP contribution in [0, 0.1) is 0 Å². The summed E-state index contributed by atoms with van der Waals surface area (Å²) < 4.78 is 26.6. The molecule has 0 atom stereocenters. The quantitative estimate of drug-likeness (QED) is 0.652. The number of hydrogen-bond donors (Lipinski definition) is 2. The minimum Gasteiger partial charge on any atom is -0.302 e. The number of carbonyl (C=O) groups excluding carboxylic acids is 1. The van der Waals surface area contributed by atoms with E-state index in [1.807, 2.05) is 35.7 Å². The van der Waals surface area contributed by atoms with Crippen LogP contribution in [0.2, 0.25) is 0 Å². The molecular weight excluding hydrogens is 370 g/mol. The Bertz CT molecular complexity index is 971. The van der Waals surface area contributed by atoms with Crippen molar-refractivity contribution in [3.63, 3.8) is 0 Å². The number of nitrogens with one attached hydrogen (secondary N) is 2. The molecule has 0 bridgehead atoms. The van der Waals surface area contributed by atoms with Gasteiger partial charge in [0.05, 0.1) is 10.6 Å². The summed E-state index contributed by atoms with van der Waals surface area (Å²) in [6, 6.07) is 17.7. The van der Waals surface area contributed by atoms with E-state index in [1.54, 1.807) is 18.2 Å². The Balaban J connectivity index is 1.51. The van der Waals surface area contributed by atoms with Gasteiger partial charge in [0.2, 0.25) is 15.9 Å². The summed E-state index contributed by atoms with van der Waals surface area (Å²) >= 11 is 1.33. The highest BCUT2D eigenvalue weighted by atomic mass is 32.2. The largest absolute Gasteiger partial charge is 0.302 e. The molecule has 1 aromatic heterocycles. The molecule has 6 nitrogen and oxygen atoms in total. The van der Waals surface area contributed by atoms with Gasteiger partial charge in [-0.3, -0.25) is 4.79 Å². The Morgan fingerprint density at radius 1 is 1.00 bits per heavy atom. The number of benzene rings is 2. The van der Waals surface area contributed by atoms with Gasteiger partial charge in [-0.15, -0.1) is 11.3 Å². The van der Waals surface area contributed by atoms with E-state index < -0.39 is 10.0 Å². The molecule has 2 aromatic carbocycles. The van der Waals surface area contributed by atoms with Gasteiger partial charge in [-0.2, -0.15) is 0 Å². The highest BCUT2D eigenvalue weighted by molar-refractivity contribution is 7.89. The Hall–Kier alpha value is -2.55. The van der Waals surface area contributed by atoms with Crippen molar-refractivity contribution in [2.45, 2.75) is 11.3 Å². The smallest absolute Gasteiger partial charge is 0.240 e. The molecule has 0 saturated carbocycles. The van der Waals surface area contributed by atoms with Gasteiger partial charge in [-0.1, -0.05) is 48.5 Å². The van der Waals surface area contributed by atoms with Gasteiger partial charge in [-0.05, 0) is 12.1 Å². The van der Waals surface area contributed by atoms with Crippen molar-refractivity contribution in [1.82, 2.24) is 9.71 Å². The number of anilines is 1. The number of sulfonamides is 1. The van der Waals surface area contributed by atoms with Gasteiger partial charge in [-0.25, -0.2) is 18.1 Å². The zero-order chi connectivity index (χ0) is 18.4. The third-order valence-corrected chi connectivity index (χ3v) is 5.75. The van der Waals surface area contributed by atoms with Crippen molar-refractivity contribution < 1.29 is 13.2 Å². The molecule has 1 amide bonds. The highest BCUT2D eigenvalue weighted by Gasteiger charge is 2.14. The molecule has 0 unspecified atom stereocenters. The fourth-order valence-corrected chi connectivity index (χ4v) is 4.03. The van der Waals surface area contributed by atoms with Gasteiger partial charge in [0.15, 0.2) is 5.13 Å². The van der Waals surface area contributed by atoms with E-state index >= 15 is 0 Å². The zero-order valence-electron chi connectivity index (χ0n) is 13.8. The summed E-state index contributed by atoms with van der Waals surface area (Å²) in [4.78, 5) is 16.5. The number of nitrogens with zero attached hydrogens (tertiary/aromatic N) is 1. The Morgan fingerprint density at radius 3 is 2.35 bits per heavy atom. The van der Waals surface area contributed by atoms with Crippen molar-refractivity contribution in [3.8, 4) is 11.3 Å². The summed E-state index contributed by atoms with van der Waals surface area (Å²) in [5.41, 5.74) is 1.76. The minimum atomic E-state index is -3.60. The summed E-state index contributed by atoms with van der Waals surface area (Å²) in [5, 5.41) is 5.04. The molecule has 1 heterocycles. The monoisotopic (exact) mass is 387 g/mol. The van der Waals surface area contributed by atoms with Gasteiger partial charge < -0.3 is 5.32 Å². The van der Waals surface area contributed by atoms with Crippen LogP contribution in [0.5, 0.6) is 0 Å². The first kappa shape index (κ1) is 18.2. The molecule has 8 heteroatoms. The fourth-order valence-electron chi connectivity index (χ4n) is 2.24. The number of hydrogen-bond acceptors (Lipinski definition) is 5. The van der Waals surface area contributed by atoms with E-state index in [0.29, 0.717) is 5.13 Å². The number of amides is 1. The first-order chi connectivity index (χ1) is 12.5. The second-order valence-electron chi connectivity index (χ2n) is 5.41. The lowest BCUT2D eigenvalue weighted by Crippen LogP contribution is -2.27. The summed E-state index contributed by atoms with van der Waals surface area (Å²) in [6.07, 6.45) is 0.0202. The lowest BCUT2D eigenvalue weighted by Gasteiger charge is -2.06. The molecule has 134 valence electrons. The molecule has 0 fully saturated rings. The summed E-state index contributed by atoms with van der Waals surface area (Å²) in [5.74, 6) is -0.297. The second kappa shape index (κ2) is 8.22. The predicted octanol–water partition coefficient (Wildman–Crippen LogP) is 3.12. The van der Waals surface area contributed by atoms with Gasteiger partial charge in [0.25, 0.3) is 0 Å². The van der Waals surface area contributed by atoms with Crippen LogP contribution in [0.4, 0.5) is 5.13 Å². The van der Waals surface area contributed by atoms with E-state index in [1.165, 1.54) is 23.5 Å². The molecular formula is C18H17N3O3S2. The molecule has 3 aromatic rings. The predicted molar refractivity (Wildman–Crippen MR) is 102 cm³/mol. The average molecular weight is 387 g/mol. The zero-order valence-corrected chi connectivity index (χ0v) is 15.4. The Labute approximate surface area is 156 Å². The van der Waals surface area contributed by atoms with Gasteiger partial charge in [0.1, 0.15) is 0 Å². The van der Waals surface area contributed by atoms with E-state index in [4.69, 9.17) is 0 Å². The Morgan fingerprint density at radius 2 is 1.65 bits per heavy atom. The third-order valence-electron chi connectivity index (χ3n) is 3.52. The molecule has 3 rings (SSSR count). The first-order valence-electron chi connectivity index (χ1n) is 7.90. The molecule has 0 aliphatic carbocycles. The van der Waals surface area contributed by atoms with Crippen LogP contribution >= 0.6 is 11.3 Å². The molecule has 0 aliphatic rings. The van der Waals surface area contributed by atoms with Crippen LogP contribution in [0.25, 0.3) is 11.3 Å². The average Bonchev–Trinajstić information content (AvgIpc) is 3.11. The minimum absolute atomic E-state index is 0.0139. The molecule has 0 radical (unpaired) electrons. The van der Waals surface area contributed by atoms with Crippen molar-refractivity contribution in [1.29, 1.82) is 0 Å². The standard InChI is InChI=1S/C18H17N3O3S2/c22-17(11-12-19-26(23,24)15-9-5-2-6-10-15)21-18-20-16(13-25-18)14-7-3-1-4-8-14/h1-10,13,19H,11-12H2,(H,20,21,22). The van der Waals surface area contributed by atoms with Crippen molar-refractivity contribution in [2.24, 2.45) is 0 Å². The number of rotatable bonds is 7. The number of aromatic nitrogens is 1. The van der Waals surface area contributed by atoms with Crippen LogP contribution in [0.3, 0.4) is 0 Å². The summed E-state index contributed by atoms with van der Waals surface area (Å²) in [6.45, 7) is 0.0139. The van der Waals surface area contributed by atoms with Gasteiger partial charge in [0, 0.05) is 23.9 Å². The van der Waals surface area contributed by atoms with E-state index in [0.717, 1.165) is 11.3 Å². The van der Waals surface area contributed by atoms with Crippen molar-refractivity contribution in [2.75, 3.05) is 11.9 Å². The fraction of sp³-hybridized carbons (Fsp3) is 0.111. The van der Waals surface area contributed by atoms with Crippen LogP contribution in [0.1, 0.15) is 6.42 Å². The molecule has 0 spiro atoms. The van der Waals surface area contributed by atoms with E-state index in [2.05, 4.69) is 15.0 Å². The summed E-state index contributed by atoms with van der Waals surface area (Å²) in [7, 11) is -3.60. The maximum Gasteiger partial charge on any atom is 0.240 e. The second-order valence-corrected chi connectivity index (χ2v) is 8.04. The van der Waals surface area contributed by atoms with E-state index in [9.17, 15) is 13.2 Å². The molecule has 0 aliphatic heterocycles. The topological polar surface area (TPSA) is 88.2 Å². The number of carbonyl (C=O) groups is 1. The van der Waals surface area contributed by atoms with Crippen molar-refractivity contribution in [3.05, 3.63) is 66.0 Å². The Kier molecular flexibility index (Phi) is 5.77. The molecule has 26 heavy (non-hydrogen) atoms. The number of thiazole rings is 1. The van der Waals surface area contributed by atoms with E-state index in [-0.39, 0.29) is 23.8 Å². The van der Waals surface area contributed by atoms with Crippen LogP contribution in [0.15, 0.2) is 70.9 Å². The van der Waals surface area contributed by atoms with Crippen LogP contribution < -0.4 is 10.0 Å². The lowest BCUT2D eigenvalue weighted by molar-refractivity contribution is -0.116. The third kappa shape index (κ3) is 4.75. The first-order valence-corrected chi connectivity index (χ1v) is 10.3. The van der Waals surface area contributed by atoms with Crippen LogP contribution in [-0.4, -0.2) is 25.9 Å². The maximum absolute atomic E-state index is 12.1. The van der Waals surface area contributed by atoms with Crippen molar-refractivity contribution >= 4 is 32.4 Å². The lowest BCUT2D eigenvalue weighted by atomic mass is 10.2. The maximum atomic E-state index is 12.1.